The third-order valence-electron chi connectivity index (χ3n) is 11.2. The Bertz CT molecular complexity index is 2680. The number of hydrogen-bond acceptors (Lipinski definition) is 2. The fraction of sp³-hybridized carbons (Fsp3) is 0.132. The van der Waals surface area contributed by atoms with E-state index in [2.05, 4.69) is 225 Å². The second-order valence-corrected chi connectivity index (χ2v) is 16.1. The number of aryl methyl sites for hydroxylation is 3. The fourth-order valence-corrected chi connectivity index (χ4v) is 7.82. The predicted molar refractivity (Wildman–Crippen MR) is 240 cm³/mol. The van der Waals surface area contributed by atoms with Gasteiger partial charge in [-0.1, -0.05) is 115 Å². The highest BCUT2D eigenvalue weighted by molar-refractivity contribution is 6.09. The van der Waals surface area contributed by atoms with E-state index in [0.717, 1.165) is 40.2 Å². The van der Waals surface area contributed by atoms with Crippen molar-refractivity contribution in [2.75, 3.05) is 9.80 Å². The quantitative estimate of drug-likeness (QED) is 0.168. The van der Waals surface area contributed by atoms with Crippen molar-refractivity contribution in [1.82, 2.24) is 4.98 Å². The number of anilines is 5. The maximum atomic E-state index is 3.67. The van der Waals surface area contributed by atoms with Gasteiger partial charge in [-0.15, -0.1) is 0 Å². The molecule has 0 amide bonds. The van der Waals surface area contributed by atoms with E-state index in [1.165, 1.54) is 61.1 Å². The minimum Gasteiger partial charge on any atom is -0.355 e. The number of nitrogens with one attached hydrogen (secondary N) is 1. The van der Waals surface area contributed by atoms with E-state index in [1.807, 2.05) is 0 Å². The number of rotatable bonds is 8. The van der Waals surface area contributed by atoms with Gasteiger partial charge in [0, 0.05) is 55.9 Å². The van der Waals surface area contributed by atoms with Crippen LogP contribution in [0.25, 0.3) is 44.1 Å². The fourth-order valence-electron chi connectivity index (χ4n) is 7.82. The number of benzene rings is 7. The van der Waals surface area contributed by atoms with E-state index in [9.17, 15) is 0 Å². The Labute approximate surface area is 330 Å². The summed E-state index contributed by atoms with van der Waals surface area (Å²) in [6, 6.07) is 57.9. The number of nitrogens with zero attached hydrogens (tertiary/aromatic N) is 2. The molecule has 0 fully saturated rings. The summed E-state index contributed by atoms with van der Waals surface area (Å²) in [5.74, 6) is 0. The second kappa shape index (κ2) is 14.2. The van der Waals surface area contributed by atoms with Crippen LogP contribution >= 0.6 is 0 Å². The largest absolute Gasteiger partial charge is 0.355 e. The molecule has 56 heavy (non-hydrogen) atoms. The van der Waals surface area contributed by atoms with Crippen LogP contribution in [-0.2, 0) is 0 Å². The van der Waals surface area contributed by atoms with Crippen molar-refractivity contribution in [1.29, 1.82) is 0 Å². The van der Waals surface area contributed by atoms with Crippen LogP contribution < -0.4 is 9.80 Å². The molecule has 1 aliphatic carbocycles. The van der Waals surface area contributed by atoms with E-state index < -0.39 is 0 Å². The van der Waals surface area contributed by atoms with Gasteiger partial charge in [0.05, 0.1) is 0 Å². The Hall–Kier alpha value is -6.58. The first kappa shape index (κ1) is 35.1. The summed E-state index contributed by atoms with van der Waals surface area (Å²) in [7, 11) is 0. The van der Waals surface area contributed by atoms with Gasteiger partial charge >= 0.3 is 0 Å². The van der Waals surface area contributed by atoms with Gasteiger partial charge in [0.25, 0.3) is 0 Å². The lowest BCUT2D eigenvalue weighted by Crippen LogP contribution is -2.19. The third-order valence-corrected chi connectivity index (χ3v) is 11.2. The maximum Gasteiger partial charge on any atom is 0.0465 e. The van der Waals surface area contributed by atoms with Crippen molar-refractivity contribution in [2.45, 2.75) is 41.0 Å². The summed E-state index contributed by atoms with van der Waals surface area (Å²) in [5, 5.41) is 2.46. The van der Waals surface area contributed by atoms with Crippen LogP contribution in [0, 0.1) is 26.2 Å². The van der Waals surface area contributed by atoms with Crippen LogP contribution in [0.15, 0.2) is 182 Å². The molecule has 1 N–H and O–H groups in total. The van der Waals surface area contributed by atoms with Gasteiger partial charge < -0.3 is 14.8 Å². The molecule has 7 aromatic carbocycles. The standard InChI is InChI=1S/C53H47N3/c1-36-6-18-43(19-7-36)55(44-20-8-37(2)9-21-44)46-24-12-39(13-25-46)41-16-28-51-49(34-41)50-35-42(17-29-52(50)54-51)40-14-26-47(27-15-40)56(45-22-10-38(3)11-23-45)48-30-32-53(4,5)33-31-48/h6-32,34-35,54H,33H2,1-5H3. The highest BCUT2D eigenvalue weighted by Crippen LogP contribution is 2.40. The van der Waals surface area contributed by atoms with Crippen molar-refractivity contribution in [2.24, 2.45) is 5.41 Å². The summed E-state index contributed by atoms with van der Waals surface area (Å²) in [6.45, 7) is 11.0. The van der Waals surface area contributed by atoms with E-state index in [0.29, 0.717) is 0 Å². The number of H-pyrrole nitrogens is 1. The van der Waals surface area contributed by atoms with Crippen LogP contribution in [0.5, 0.6) is 0 Å². The van der Waals surface area contributed by atoms with Gasteiger partial charge in [0.2, 0.25) is 0 Å². The molecule has 0 atom stereocenters. The first-order valence-electron chi connectivity index (χ1n) is 19.6. The maximum absolute atomic E-state index is 3.67. The molecule has 3 nitrogen and oxygen atoms in total. The van der Waals surface area contributed by atoms with E-state index in [4.69, 9.17) is 0 Å². The average Bonchev–Trinajstić information content (AvgIpc) is 3.59. The monoisotopic (exact) mass is 725 g/mol. The minimum atomic E-state index is 0.171. The lowest BCUT2D eigenvalue weighted by molar-refractivity contribution is 0.481. The van der Waals surface area contributed by atoms with Crippen LogP contribution in [0.2, 0.25) is 0 Å². The van der Waals surface area contributed by atoms with Crippen molar-refractivity contribution >= 4 is 50.2 Å². The highest BCUT2D eigenvalue weighted by Gasteiger charge is 2.21. The number of aromatic nitrogens is 1. The van der Waals surface area contributed by atoms with E-state index >= 15 is 0 Å². The molecule has 0 bridgehead atoms. The Morgan fingerprint density at radius 3 is 1.16 bits per heavy atom. The smallest absolute Gasteiger partial charge is 0.0465 e. The molecule has 0 aliphatic heterocycles. The Balaban J connectivity index is 1.03. The normalized spacial score (nSPS) is 13.6. The molecule has 9 rings (SSSR count). The second-order valence-electron chi connectivity index (χ2n) is 16.1. The highest BCUT2D eigenvalue weighted by atomic mass is 15.1. The zero-order valence-corrected chi connectivity index (χ0v) is 32.8. The Morgan fingerprint density at radius 1 is 0.429 bits per heavy atom. The summed E-state index contributed by atoms with van der Waals surface area (Å²) >= 11 is 0. The molecular formula is C53H47N3. The molecule has 8 aromatic rings. The van der Waals surface area contributed by atoms with Gasteiger partial charge in [-0.3, -0.25) is 0 Å². The van der Waals surface area contributed by atoms with Crippen molar-refractivity contribution < 1.29 is 0 Å². The summed E-state index contributed by atoms with van der Waals surface area (Å²) < 4.78 is 0. The lowest BCUT2D eigenvalue weighted by atomic mass is 9.85. The Morgan fingerprint density at radius 2 is 0.786 bits per heavy atom. The number of fused-ring (bicyclic) bond motifs is 3. The first-order valence-corrected chi connectivity index (χ1v) is 19.6. The zero-order chi connectivity index (χ0) is 38.4. The SMILES string of the molecule is Cc1ccc(N(C2=CCC(C)(C)C=C2)c2ccc(-c3ccc4[nH]c5ccc(-c6ccc(N(c7ccc(C)cc7)c7ccc(C)cc7)cc6)cc5c4c3)cc2)cc1. The predicted octanol–water partition coefficient (Wildman–Crippen LogP) is 15.1. The van der Waals surface area contributed by atoms with Crippen LogP contribution in [-0.4, -0.2) is 4.98 Å². The molecule has 1 heterocycles. The molecule has 0 saturated carbocycles. The minimum absolute atomic E-state index is 0.171. The molecule has 1 aliphatic rings. The van der Waals surface area contributed by atoms with Crippen LogP contribution in [0.3, 0.4) is 0 Å². The molecule has 274 valence electrons. The van der Waals surface area contributed by atoms with Gasteiger partial charge in [-0.05, 0) is 146 Å². The number of hydrogen-bond donors (Lipinski definition) is 1. The summed E-state index contributed by atoms with van der Waals surface area (Å²) in [5.41, 5.74) is 17.9. The lowest BCUT2D eigenvalue weighted by Gasteiger charge is -2.31. The van der Waals surface area contributed by atoms with Gasteiger partial charge in [0.15, 0.2) is 0 Å². The number of allylic oxidation sites excluding steroid dienone is 3. The number of aromatic amines is 1. The summed E-state index contributed by atoms with van der Waals surface area (Å²) in [4.78, 5) is 8.36. The van der Waals surface area contributed by atoms with E-state index in [1.54, 1.807) is 0 Å². The summed E-state index contributed by atoms with van der Waals surface area (Å²) in [6.07, 6.45) is 7.99. The van der Waals surface area contributed by atoms with Crippen LogP contribution in [0.4, 0.5) is 28.4 Å². The van der Waals surface area contributed by atoms with Crippen molar-refractivity contribution in [3.8, 4) is 22.3 Å². The third kappa shape index (κ3) is 6.93. The molecular weight excluding hydrogens is 679 g/mol. The zero-order valence-electron chi connectivity index (χ0n) is 32.8. The topological polar surface area (TPSA) is 22.3 Å². The molecule has 0 spiro atoms. The molecule has 1 aromatic heterocycles. The average molecular weight is 726 g/mol. The van der Waals surface area contributed by atoms with Gasteiger partial charge in [0.1, 0.15) is 0 Å². The molecule has 0 saturated heterocycles. The molecule has 3 heteroatoms. The van der Waals surface area contributed by atoms with Crippen LogP contribution in [0.1, 0.15) is 37.0 Å². The Kier molecular flexibility index (Phi) is 8.94. The molecule has 0 radical (unpaired) electrons. The molecule has 0 unspecified atom stereocenters. The van der Waals surface area contributed by atoms with Gasteiger partial charge in [-0.2, -0.15) is 0 Å². The van der Waals surface area contributed by atoms with Crippen molar-refractivity contribution in [3.63, 3.8) is 0 Å². The first-order chi connectivity index (χ1) is 27.2. The van der Waals surface area contributed by atoms with Crippen molar-refractivity contribution in [3.05, 3.63) is 198 Å². The van der Waals surface area contributed by atoms with E-state index in [-0.39, 0.29) is 5.41 Å². The van der Waals surface area contributed by atoms with Gasteiger partial charge in [-0.25, -0.2) is 0 Å².